The van der Waals surface area contributed by atoms with Gasteiger partial charge in [0.05, 0.1) is 0 Å². The molecule has 9 heavy (non-hydrogen) atoms. The van der Waals surface area contributed by atoms with Crippen LogP contribution in [0.25, 0.3) is 0 Å². The van der Waals surface area contributed by atoms with Crippen LogP contribution in [0.5, 0.6) is 0 Å². The van der Waals surface area contributed by atoms with Crippen LogP contribution in [0.1, 0.15) is 12.8 Å². The number of rotatable bonds is 2. The largest absolute Gasteiger partial charge is 0.330 e. The summed E-state index contributed by atoms with van der Waals surface area (Å²) in [6.07, 6.45) is 2.57. The van der Waals surface area contributed by atoms with Gasteiger partial charge in [-0.15, -0.1) is 0 Å². The minimum Gasteiger partial charge on any atom is -0.330 e. The van der Waals surface area contributed by atoms with Crippen LogP contribution >= 0.6 is 0 Å². The zero-order valence-electron chi connectivity index (χ0n) is 6.14. The first-order valence-corrected chi connectivity index (χ1v) is 3.71. The fraction of sp³-hybridized carbons (Fsp3) is 1.00. The molecule has 0 bridgehead atoms. The Balaban J connectivity index is 2.14. The van der Waals surface area contributed by atoms with Gasteiger partial charge in [-0.1, -0.05) is 0 Å². The lowest BCUT2D eigenvalue weighted by atomic mass is 10.1. The average molecular weight is 128 g/mol. The Morgan fingerprint density at radius 2 is 2.44 bits per heavy atom. The predicted octanol–water partition coefficient (Wildman–Crippen LogP) is 0.287. The molecule has 1 heterocycles. The Labute approximate surface area is 57.0 Å². The van der Waals surface area contributed by atoms with E-state index in [1.807, 2.05) is 0 Å². The molecule has 2 nitrogen and oxygen atoms in total. The second-order valence-corrected chi connectivity index (χ2v) is 2.99. The van der Waals surface area contributed by atoms with E-state index in [4.69, 9.17) is 5.73 Å². The first-order chi connectivity index (χ1) is 4.33. The number of hydrogen-bond donors (Lipinski definition) is 1. The van der Waals surface area contributed by atoms with E-state index in [0.29, 0.717) is 0 Å². The minimum absolute atomic E-state index is 0.860. The van der Waals surface area contributed by atoms with Gasteiger partial charge in [-0.05, 0) is 38.9 Å². The molecule has 0 aromatic carbocycles. The van der Waals surface area contributed by atoms with E-state index in [1.165, 1.54) is 25.9 Å². The molecule has 0 aromatic rings. The summed E-state index contributed by atoms with van der Waals surface area (Å²) in [6.45, 7) is 3.39. The van der Waals surface area contributed by atoms with E-state index in [9.17, 15) is 0 Å². The van der Waals surface area contributed by atoms with Crippen LogP contribution in [0.3, 0.4) is 0 Å². The molecule has 1 saturated heterocycles. The van der Waals surface area contributed by atoms with Crippen LogP contribution in [0, 0.1) is 5.92 Å². The monoisotopic (exact) mass is 128 g/mol. The van der Waals surface area contributed by atoms with E-state index in [2.05, 4.69) is 11.9 Å². The van der Waals surface area contributed by atoms with E-state index in [1.54, 1.807) is 0 Å². The minimum atomic E-state index is 0.860. The molecule has 1 fully saturated rings. The highest BCUT2D eigenvalue weighted by molar-refractivity contribution is 4.72. The van der Waals surface area contributed by atoms with E-state index in [-0.39, 0.29) is 0 Å². The molecular weight excluding hydrogens is 112 g/mol. The molecule has 54 valence electrons. The van der Waals surface area contributed by atoms with Gasteiger partial charge in [0, 0.05) is 6.54 Å². The maximum atomic E-state index is 5.44. The Morgan fingerprint density at radius 1 is 1.67 bits per heavy atom. The van der Waals surface area contributed by atoms with Crippen molar-refractivity contribution in [2.45, 2.75) is 12.8 Å². The predicted molar refractivity (Wildman–Crippen MR) is 39.3 cm³/mol. The Bertz CT molecular complexity index is 81.0. The van der Waals surface area contributed by atoms with Gasteiger partial charge in [-0.25, -0.2) is 0 Å². The zero-order chi connectivity index (χ0) is 6.69. The SMILES string of the molecule is CN1CCC(CCN)C1. The maximum absolute atomic E-state index is 5.44. The van der Waals surface area contributed by atoms with Gasteiger partial charge in [0.25, 0.3) is 0 Å². The number of nitrogens with two attached hydrogens (primary N) is 1. The summed E-state index contributed by atoms with van der Waals surface area (Å²) in [7, 11) is 2.18. The van der Waals surface area contributed by atoms with Crippen molar-refractivity contribution in [2.75, 3.05) is 26.7 Å². The number of nitrogens with zero attached hydrogens (tertiary/aromatic N) is 1. The molecule has 0 radical (unpaired) electrons. The summed E-state index contributed by atoms with van der Waals surface area (Å²) < 4.78 is 0. The van der Waals surface area contributed by atoms with Crippen LogP contribution < -0.4 is 5.73 Å². The van der Waals surface area contributed by atoms with Crippen molar-refractivity contribution in [3.05, 3.63) is 0 Å². The van der Waals surface area contributed by atoms with Crippen molar-refractivity contribution in [1.82, 2.24) is 4.90 Å². The van der Waals surface area contributed by atoms with Gasteiger partial charge in [0.15, 0.2) is 0 Å². The summed E-state index contributed by atoms with van der Waals surface area (Å²) in [5.74, 6) is 0.889. The van der Waals surface area contributed by atoms with Crippen LogP contribution in [-0.4, -0.2) is 31.6 Å². The molecular formula is C7H16N2. The van der Waals surface area contributed by atoms with Gasteiger partial charge in [0.1, 0.15) is 0 Å². The van der Waals surface area contributed by atoms with Gasteiger partial charge >= 0.3 is 0 Å². The highest BCUT2D eigenvalue weighted by Crippen LogP contribution is 2.16. The molecule has 0 saturated carbocycles. The van der Waals surface area contributed by atoms with Gasteiger partial charge in [0.2, 0.25) is 0 Å². The lowest BCUT2D eigenvalue weighted by molar-refractivity contribution is 0.389. The zero-order valence-corrected chi connectivity index (χ0v) is 6.14. The summed E-state index contributed by atoms with van der Waals surface area (Å²) in [6, 6.07) is 0. The first kappa shape index (κ1) is 7.03. The molecule has 0 spiro atoms. The Morgan fingerprint density at radius 3 is 2.89 bits per heavy atom. The summed E-state index contributed by atoms with van der Waals surface area (Å²) in [5.41, 5.74) is 5.44. The normalized spacial score (nSPS) is 29.3. The Hall–Kier alpha value is -0.0800. The van der Waals surface area contributed by atoms with Gasteiger partial charge < -0.3 is 10.6 Å². The van der Waals surface area contributed by atoms with Crippen molar-refractivity contribution in [2.24, 2.45) is 11.7 Å². The van der Waals surface area contributed by atoms with Crippen LogP contribution in [0.15, 0.2) is 0 Å². The summed E-state index contributed by atoms with van der Waals surface area (Å²) in [4.78, 5) is 2.38. The van der Waals surface area contributed by atoms with Gasteiger partial charge in [-0.2, -0.15) is 0 Å². The fourth-order valence-corrected chi connectivity index (χ4v) is 1.50. The average Bonchev–Trinajstić information content (AvgIpc) is 2.17. The van der Waals surface area contributed by atoms with Crippen molar-refractivity contribution < 1.29 is 0 Å². The third kappa shape index (κ3) is 1.95. The van der Waals surface area contributed by atoms with Crippen LogP contribution in [0.4, 0.5) is 0 Å². The van der Waals surface area contributed by atoms with Crippen molar-refractivity contribution >= 4 is 0 Å². The van der Waals surface area contributed by atoms with Crippen LogP contribution in [0.2, 0.25) is 0 Å². The molecule has 1 aliphatic rings. The molecule has 1 aliphatic heterocycles. The highest BCUT2D eigenvalue weighted by atomic mass is 15.1. The van der Waals surface area contributed by atoms with E-state index >= 15 is 0 Å². The van der Waals surface area contributed by atoms with Crippen molar-refractivity contribution in [3.63, 3.8) is 0 Å². The van der Waals surface area contributed by atoms with E-state index < -0.39 is 0 Å². The topological polar surface area (TPSA) is 29.3 Å². The molecule has 1 unspecified atom stereocenters. The lowest BCUT2D eigenvalue weighted by Gasteiger charge is -2.07. The molecule has 0 aromatic heterocycles. The second kappa shape index (κ2) is 3.18. The van der Waals surface area contributed by atoms with Crippen LogP contribution in [-0.2, 0) is 0 Å². The number of likely N-dealkylation sites (tertiary alicyclic amines) is 1. The quantitative estimate of drug-likeness (QED) is 0.579. The molecule has 0 aliphatic carbocycles. The molecule has 2 heteroatoms. The molecule has 1 rings (SSSR count). The fourth-order valence-electron chi connectivity index (χ4n) is 1.50. The number of hydrogen-bond acceptors (Lipinski definition) is 2. The highest BCUT2D eigenvalue weighted by Gasteiger charge is 2.17. The summed E-state index contributed by atoms with van der Waals surface area (Å²) >= 11 is 0. The van der Waals surface area contributed by atoms with Crippen molar-refractivity contribution in [3.8, 4) is 0 Å². The first-order valence-electron chi connectivity index (χ1n) is 3.71. The van der Waals surface area contributed by atoms with Gasteiger partial charge in [-0.3, -0.25) is 0 Å². The molecule has 0 amide bonds. The molecule has 1 atom stereocenters. The second-order valence-electron chi connectivity index (χ2n) is 2.99. The molecule has 2 N–H and O–H groups in total. The Kier molecular flexibility index (Phi) is 2.49. The smallest absolute Gasteiger partial charge is 0.000756 e. The summed E-state index contributed by atoms with van der Waals surface area (Å²) in [5, 5.41) is 0. The third-order valence-corrected chi connectivity index (χ3v) is 2.06. The lowest BCUT2D eigenvalue weighted by Crippen LogP contribution is -2.15. The standard InChI is InChI=1S/C7H16N2/c1-9-5-3-7(6-9)2-4-8/h7H,2-6,8H2,1H3. The van der Waals surface area contributed by atoms with E-state index in [0.717, 1.165) is 12.5 Å². The maximum Gasteiger partial charge on any atom is 0.000756 e. The third-order valence-electron chi connectivity index (χ3n) is 2.06. The van der Waals surface area contributed by atoms with Crippen molar-refractivity contribution in [1.29, 1.82) is 0 Å².